The van der Waals surface area contributed by atoms with Gasteiger partial charge in [0.25, 0.3) is 0 Å². The van der Waals surface area contributed by atoms with Gasteiger partial charge in [-0.25, -0.2) is 16.8 Å². The number of nitrogens with one attached hydrogen (secondary N) is 1. The summed E-state index contributed by atoms with van der Waals surface area (Å²) < 4.78 is 54.1. The zero-order valence-corrected chi connectivity index (χ0v) is 18.2. The van der Waals surface area contributed by atoms with Crippen molar-refractivity contribution in [1.29, 1.82) is 0 Å². The van der Waals surface area contributed by atoms with E-state index in [0.717, 1.165) is 6.20 Å². The van der Waals surface area contributed by atoms with Gasteiger partial charge in [0.1, 0.15) is 6.33 Å². The number of hydrogen-bond donors (Lipinski definition) is 1. The fraction of sp³-hybridized carbons (Fsp3) is 0. The highest BCUT2D eigenvalue weighted by Crippen LogP contribution is 2.29. The average Bonchev–Trinajstić information content (AvgIpc) is 3.29. The minimum absolute atomic E-state index is 0.142. The van der Waals surface area contributed by atoms with Crippen molar-refractivity contribution in [3.05, 3.63) is 108 Å². The van der Waals surface area contributed by atoms with Crippen LogP contribution in [0.25, 0.3) is 5.69 Å². The Labute approximate surface area is 185 Å². The Morgan fingerprint density at radius 3 is 1.69 bits per heavy atom. The van der Waals surface area contributed by atoms with E-state index in [1.54, 1.807) is 28.8 Å². The van der Waals surface area contributed by atoms with Crippen LogP contribution >= 0.6 is 0 Å². The van der Waals surface area contributed by atoms with E-state index in [4.69, 9.17) is 0 Å². The average molecular weight is 467 g/mol. The molecule has 162 valence electrons. The molecule has 0 atom stereocenters. The number of sulfone groups is 2. The van der Waals surface area contributed by atoms with Gasteiger partial charge in [-0.1, -0.05) is 54.6 Å². The summed E-state index contributed by atoms with van der Waals surface area (Å²) in [7, 11) is -8.77. The van der Waals surface area contributed by atoms with E-state index in [0.29, 0.717) is 5.69 Å². The first-order valence-corrected chi connectivity index (χ1v) is 12.4. The van der Waals surface area contributed by atoms with Crippen LogP contribution in [0, 0.1) is 0 Å². The Morgan fingerprint density at radius 2 is 1.19 bits per heavy atom. The van der Waals surface area contributed by atoms with Crippen molar-refractivity contribution < 1.29 is 16.8 Å². The largest absolute Gasteiger partial charge is 0.329 e. The molecule has 0 aliphatic heterocycles. The molecule has 0 radical (unpaired) electrons. The van der Waals surface area contributed by atoms with E-state index in [-0.39, 0.29) is 15.7 Å². The molecule has 0 saturated heterocycles. The van der Waals surface area contributed by atoms with Crippen molar-refractivity contribution in [2.24, 2.45) is 0 Å². The highest BCUT2D eigenvalue weighted by molar-refractivity contribution is 8.14. The van der Waals surface area contributed by atoms with Crippen LogP contribution in [0.1, 0.15) is 0 Å². The van der Waals surface area contributed by atoms with Crippen LogP contribution < -0.4 is 5.32 Å². The summed E-state index contributed by atoms with van der Waals surface area (Å²) in [6.45, 7) is 0. The van der Waals surface area contributed by atoms with Crippen LogP contribution in [0.5, 0.6) is 0 Å². The molecule has 0 unspecified atom stereocenters. The third-order valence-electron chi connectivity index (χ3n) is 4.54. The van der Waals surface area contributed by atoms with E-state index in [9.17, 15) is 16.8 Å². The maximum atomic E-state index is 13.3. The van der Waals surface area contributed by atoms with Crippen LogP contribution in [0.2, 0.25) is 0 Å². The van der Waals surface area contributed by atoms with Crippen molar-refractivity contribution >= 4 is 25.6 Å². The molecule has 4 aromatic rings. The maximum absolute atomic E-state index is 13.3. The topological polar surface area (TPSA) is 111 Å². The second kappa shape index (κ2) is 8.77. The molecule has 0 aliphatic carbocycles. The van der Waals surface area contributed by atoms with Gasteiger partial charge in [-0.2, -0.15) is 0 Å². The standard InChI is InChI=1S/C22H18N4O4S2/c27-31(28,19-12-6-2-7-13-19)21(32(29,30)20-14-8-3-9-15-20)16-23-22-25-24-17-26(22)18-10-4-1-5-11-18/h1-17H,(H,23,25). The van der Waals surface area contributed by atoms with Gasteiger partial charge in [0.2, 0.25) is 25.6 Å². The molecule has 1 aromatic heterocycles. The van der Waals surface area contributed by atoms with Gasteiger partial charge in [0.05, 0.1) is 15.5 Å². The van der Waals surface area contributed by atoms with E-state index in [1.807, 2.05) is 18.2 Å². The van der Waals surface area contributed by atoms with Gasteiger partial charge in [0, 0.05) is 6.20 Å². The minimum Gasteiger partial charge on any atom is -0.329 e. The Balaban J connectivity index is 1.83. The van der Waals surface area contributed by atoms with Crippen molar-refractivity contribution in [1.82, 2.24) is 14.8 Å². The van der Waals surface area contributed by atoms with Crippen LogP contribution in [0.3, 0.4) is 0 Å². The molecule has 0 saturated carbocycles. The van der Waals surface area contributed by atoms with E-state index < -0.39 is 23.9 Å². The van der Waals surface area contributed by atoms with Crippen molar-refractivity contribution in [2.45, 2.75) is 9.79 Å². The normalized spacial score (nSPS) is 11.6. The molecule has 0 bridgehead atoms. The molecule has 8 nitrogen and oxygen atoms in total. The molecule has 10 heteroatoms. The van der Waals surface area contributed by atoms with Gasteiger partial charge >= 0.3 is 0 Å². The van der Waals surface area contributed by atoms with Crippen LogP contribution in [0.4, 0.5) is 5.95 Å². The maximum Gasteiger partial charge on any atom is 0.233 e. The molecule has 0 fully saturated rings. The monoisotopic (exact) mass is 466 g/mol. The molecule has 0 amide bonds. The zero-order chi connectivity index (χ0) is 22.6. The Hall–Kier alpha value is -3.76. The summed E-state index contributed by atoms with van der Waals surface area (Å²) in [5, 5.41) is 10.5. The lowest BCUT2D eigenvalue weighted by molar-refractivity contribution is 0.595. The minimum atomic E-state index is -4.38. The van der Waals surface area contributed by atoms with E-state index in [1.165, 1.54) is 54.9 Å². The van der Waals surface area contributed by atoms with Crippen molar-refractivity contribution in [3.63, 3.8) is 0 Å². The van der Waals surface area contributed by atoms with Crippen molar-refractivity contribution in [2.75, 3.05) is 5.32 Å². The Kier molecular flexibility index (Phi) is 5.89. The van der Waals surface area contributed by atoms with E-state index >= 15 is 0 Å². The molecule has 32 heavy (non-hydrogen) atoms. The third kappa shape index (κ3) is 4.18. The number of nitrogens with zero attached hydrogens (tertiary/aromatic N) is 3. The molecule has 0 aliphatic rings. The van der Waals surface area contributed by atoms with Gasteiger partial charge in [-0.15, -0.1) is 10.2 Å². The zero-order valence-electron chi connectivity index (χ0n) is 16.6. The highest BCUT2D eigenvalue weighted by Gasteiger charge is 2.33. The van der Waals surface area contributed by atoms with Crippen molar-refractivity contribution in [3.8, 4) is 5.69 Å². The molecule has 0 spiro atoms. The van der Waals surface area contributed by atoms with Gasteiger partial charge in [0.15, 0.2) is 4.24 Å². The Morgan fingerprint density at radius 1 is 0.719 bits per heavy atom. The molecule has 1 N–H and O–H groups in total. The molecule has 4 rings (SSSR count). The predicted octanol–water partition coefficient (Wildman–Crippen LogP) is 3.43. The predicted molar refractivity (Wildman–Crippen MR) is 120 cm³/mol. The van der Waals surface area contributed by atoms with Gasteiger partial charge in [-0.05, 0) is 36.4 Å². The Bertz CT molecular complexity index is 1380. The van der Waals surface area contributed by atoms with Gasteiger partial charge in [-0.3, -0.25) is 4.57 Å². The fourth-order valence-corrected chi connectivity index (χ4v) is 6.62. The van der Waals surface area contributed by atoms with Gasteiger partial charge < -0.3 is 5.32 Å². The summed E-state index contributed by atoms with van der Waals surface area (Å²) in [6, 6.07) is 23.9. The first-order chi connectivity index (χ1) is 15.4. The summed E-state index contributed by atoms with van der Waals surface area (Å²) >= 11 is 0. The lowest BCUT2D eigenvalue weighted by atomic mass is 10.3. The number of para-hydroxylation sites is 1. The molecule has 3 aromatic carbocycles. The lowest BCUT2D eigenvalue weighted by Gasteiger charge is -2.12. The number of benzene rings is 3. The molecular weight excluding hydrogens is 448 g/mol. The number of anilines is 1. The fourth-order valence-electron chi connectivity index (χ4n) is 2.97. The van der Waals surface area contributed by atoms with Crippen LogP contribution in [0.15, 0.2) is 118 Å². The summed E-state index contributed by atoms with van der Waals surface area (Å²) in [6.07, 6.45) is 2.37. The molecule has 1 heterocycles. The number of rotatable bonds is 7. The number of hydrogen-bond acceptors (Lipinski definition) is 7. The first-order valence-electron chi connectivity index (χ1n) is 9.43. The lowest BCUT2D eigenvalue weighted by Crippen LogP contribution is -2.17. The second-order valence-corrected chi connectivity index (χ2v) is 10.7. The third-order valence-corrected chi connectivity index (χ3v) is 8.94. The summed E-state index contributed by atoms with van der Waals surface area (Å²) in [5.74, 6) is 0.153. The quantitative estimate of drug-likeness (QED) is 0.444. The van der Waals surface area contributed by atoms with Crippen LogP contribution in [-0.4, -0.2) is 31.6 Å². The molecular formula is C22H18N4O4S2. The van der Waals surface area contributed by atoms with Crippen LogP contribution in [-0.2, 0) is 19.7 Å². The first kappa shape index (κ1) is 21.5. The summed E-state index contributed by atoms with van der Waals surface area (Å²) in [4.78, 5) is -0.283. The number of aromatic nitrogens is 3. The van der Waals surface area contributed by atoms with E-state index in [2.05, 4.69) is 15.5 Å². The highest BCUT2D eigenvalue weighted by atomic mass is 32.3. The smallest absolute Gasteiger partial charge is 0.233 e. The second-order valence-electron chi connectivity index (χ2n) is 6.60. The summed E-state index contributed by atoms with van der Waals surface area (Å²) in [5.41, 5.74) is 0.715. The SMILES string of the molecule is O=S(=O)(C(=CNc1nncn1-c1ccccc1)S(=O)(=O)c1ccccc1)c1ccccc1.